The number of benzene rings is 2. The Bertz CT molecular complexity index is 833. The normalized spacial score (nSPS) is 16.2. The van der Waals surface area contributed by atoms with Gasteiger partial charge < -0.3 is 15.4 Å². The van der Waals surface area contributed by atoms with E-state index >= 15 is 0 Å². The molecule has 2 aromatic rings. The number of carbonyl (C=O) groups is 1. The van der Waals surface area contributed by atoms with Gasteiger partial charge in [0.15, 0.2) is 5.50 Å². The van der Waals surface area contributed by atoms with E-state index in [-0.39, 0.29) is 11.4 Å². The summed E-state index contributed by atoms with van der Waals surface area (Å²) in [7, 11) is 1.67. The molecule has 142 valence electrons. The lowest BCUT2D eigenvalue weighted by atomic mass is 10.0. The zero-order chi connectivity index (χ0) is 19.2. The average molecular weight is 383 g/mol. The van der Waals surface area contributed by atoms with Crippen LogP contribution in [0.1, 0.15) is 36.5 Å². The molecule has 1 amide bonds. The van der Waals surface area contributed by atoms with Crippen LogP contribution in [0.3, 0.4) is 0 Å². The lowest BCUT2D eigenvalue weighted by Gasteiger charge is -2.15. The first-order chi connectivity index (χ1) is 13.1. The molecule has 1 aliphatic heterocycles. The third kappa shape index (κ3) is 5.07. The molecule has 27 heavy (non-hydrogen) atoms. The summed E-state index contributed by atoms with van der Waals surface area (Å²) in [6.45, 7) is 4.16. The Morgan fingerprint density at radius 2 is 1.96 bits per heavy atom. The van der Waals surface area contributed by atoms with Gasteiger partial charge in [0.25, 0.3) is 0 Å². The summed E-state index contributed by atoms with van der Waals surface area (Å²) < 4.78 is 5.24. The van der Waals surface area contributed by atoms with Crippen molar-refractivity contribution in [3.05, 3.63) is 70.1 Å². The average Bonchev–Trinajstić information content (AvgIpc) is 3.03. The highest BCUT2D eigenvalue weighted by Crippen LogP contribution is 2.33. The number of methoxy groups -OCH3 is 1. The Morgan fingerprint density at radius 1 is 1.19 bits per heavy atom. The van der Waals surface area contributed by atoms with E-state index in [1.165, 1.54) is 16.0 Å². The second-order valence-electron chi connectivity index (χ2n) is 6.65. The molecule has 1 heterocycles. The van der Waals surface area contributed by atoms with Crippen molar-refractivity contribution < 1.29 is 9.53 Å². The van der Waals surface area contributed by atoms with E-state index in [9.17, 15) is 4.79 Å². The van der Waals surface area contributed by atoms with Gasteiger partial charge in [-0.2, -0.15) is 0 Å². The number of ether oxygens (including phenoxy) is 1. The molecule has 0 unspecified atom stereocenters. The summed E-state index contributed by atoms with van der Waals surface area (Å²) in [4.78, 5) is 13.5. The largest absolute Gasteiger partial charge is 0.497 e. The van der Waals surface area contributed by atoms with Crippen LogP contribution in [0.25, 0.3) is 5.70 Å². The summed E-state index contributed by atoms with van der Waals surface area (Å²) in [6, 6.07) is 16.3. The van der Waals surface area contributed by atoms with E-state index < -0.39 is 0 Å². The van der Waals surface area contributed by atoms with E-state index in [0.717, 1.165) is 29.9 Å². The smallest absolute Gasteiger partial charge is 0.222 e. The Kier molecular flexibility index (Phi) is 6.45. The van der Waals surface area contributed by atoms with Gasteiger partial charge in [-0.3, -0.25) is 4.79 Å². The maximum atomic E-state index is 12.3. The molecule has 1 aliphatic rings. The number of nitrogens with one attached hydrogen (secondary N) is 2. The van der Waals surface area contributed by atoms with Crippen molar-refractivity contribution >= 4 is 23.4 Å². The number of amides is 1. The molecule has 0 saturated carbocycles. The molecule has 0 radical (unpaired) electrons. The highest BCUT2D eigenvalue weighted by molar-refractivity contribution is 8.04. The lowest BCUT2D eigenvalue weighted by Crippen LogP contribution is -2.39. The summed E-state index contributed by atoms with van der Waals surface area (Å²) >= 11 is 1.66. The second kappa shape index (κ2) is 9.00. The first kappa shape index (κ1) is 19.4. The minimum atomic E-state index is -0.101. The van der Waals surface area contributed by atoms with Crippen molar-refractivity contribution in [3.63, 3.8) is 0 Å². The number of aryl methyl sites for hydroxylation is 2. The number of allylic oxidation sites excluding steroid dienone is 1. The molecule has 2 aromatic carbocycles. The molecule has 0 bridgehead atoms. The van der Waals surface area contributed by atoms with E-state index in [4.69, 9.17) is 4.74 Å². The number of rotatable bonds is 7. The van der Waals surface area contributed by atoms with Gasteiger partial charge >= 0.3 is 0 Å². The zero-order valence-corrected chi connectivity index (χ0v) is 16.9. The Labute approximate surface area is 165 Å². The molecule has 0 saturated heterocycles. The molecular weight excluding hydrogens is 356 g/mol. The molecule has 1 atom stereocenters. The highest BCUT2D eigenvalue weighted by Gasteiger charge is 2.23. The van der Waals surface area contributed by atoms with Crippen LogP contribution in [0.4, 0.5) is 0 Å². The van der Waals surface area contributed by atoms with E-state index in [0.29, 0.717) is 6.42 Å². The molecule has 5 heteroatoms. The van der Waals surface area contributed by atoms with Gasteiger partial charge in [0.1, 0.15) is 5.75 Å². The number of hydrogen-bond donors (Lipinski definition) is 2. The standard InChI is InChI=1S/C22H26N2O2S/c1-15-14-19(26-3)13-12-17(15)10-7-11-20(25)23-22-24-21(16(2)27-22)18-8-5-4-6-9-18/h4-6,8-9,12-14,22,24H,7,10-11H2,1-3H3,(H,23,25)/t22-/m1/s1. The number of hydrogen-bond acceptors (Lipinski definition) is 4. The van der Waals surface area contributed by atoms with Crippen LogP contribution in [0.5, 0.6) is 5.75 Å². The summed E-state index contributed by atoms with van der Waals surface area (Å²) in [6.07, 6.45) is 2.24. The third-order valence-corrected chi connectivity index (χ3v) is 5.71. The molecule has 2 N–H and O–H groups in total. The summed E-state index contributed by atoms with van der Waals surface area (Å²) in [5, 5.41) is 6.49. The van der Waals surface area contributed by atoms with Crippen molar-refractivity contribution in [2.45, 2.75) is 38.6 Å². The topological polar surface area (TPSA) is 50.4 Å². The van der Waals surface area contributed by atoms with Crippen LogP contribution in [0, 0.1) is 6.92 Å². The van der Waals surface area contributed by atoms with Crippen LogP contribution in [-0.2, 0) is 11.2 Å². The minimum Gasteiger partial charge on any atom is -0.497 e. The fourth-order valence-electron chi connectivity index (χ4n) is 3.19. The molecular formula is C22H26N2O2S. The van der Waals surface area contributed by atoms with E-state index in [1.807, 2.05) is 30.3 Å². The van der Waals surface area contributed by atoms with Crippen LogP contribution in [-0.4, -0.2) is 18.5 Å². The molecule has 0 aromatic heterocycles. The highest BCUT2D eigenvalue weighted by atomic mass is 32.2. The van der Waals surface area contributed by atoms with Crippen molar-refractivity contribution in [2.75, 3.05) is 7.11 Å². The van der Waals surface area contributed by atoms with E-state index in [2.05, 4.69) is 42.7 Å². The quantitative estimate of drug-likeness (QED) is 0.743. The maximum Gasteiger partial charge on any atom is 0.222 e. The van der Waals surface area contributed by atoms with Gasteiger partial charge in [-0.05, 0) is 55.5 Å². The molecule has 0 spiro atoms. The SMILES string of the molecule is COc1ccc(CCCC(=O)N[C@@H]2NC(c3ccccc3)=C(C)S2)c(C)c1. The molecule has 3 rings (SSSR count). The van der Waals surface area contributed by atoms with Gasteiger partial charge in [-0.25, -0.2) is 0 Å². The van der Waals surface area contributed by atoms with Gasteiger partial charge in [-0.1, -0.05) is 48.2 Å². The first-order valence-corrected chi connectivity index (χ1v) is 10.1. The number of carbonyl (C=O) groups excluding carboxylic acids is 1. The second-order valence-corrected chi connectivity index (χ2v) is 7.97. The van der Waals surface area contributed by atoms with Crippen LogP contribution >= 0.6 is 11.8 Å². The molecule has 0 fully saturated rings. The number of thioether (sulfide) groups is 1. The Hall–Kier alpha value is -2.40. The van der Waals surface area contributed by atoms with Crippen molar-refractivity contribution in [1.82, 2.24) is 10.6 Å². The summed E-state index contributed by atoms with van der Waals surface area (Å²) in [5.74, 6) is 0.948. The monoisotopic (exact) mass is 382 g/mol. The third-order valence-electron chi connectivity index (χ3n) is 4.68. The molecule has 4 nitrogen and oxygen atoms in total. The van der Waals surface area contributed by atoms with Gasteiger partial charge in [0.2, 0.25) is 5.91 Å². The van der Waals surface area contributed by atoms with Gasteiger partial charge in [-0.15, -0.1) is 0 Å². The zero-order valence-electron chi connectivity index (χ0n) is 16.0. The Morgan fingerprint density at radius 3 is 2.67 bits per heavy atom. The fourth-order valence-corrected chi connectivity index (χ4v) is 4.20. The fraction of sp³-hybridized carbons (Fsp3) is 0.318. The van der Waals surface area contributed by atoms with Crippen molar-refractivity contribution in [1.29, 1.82) is 0 Å². The Balaban J connectivity index is 1.45. The van der Waals surface area contributed by atoms with Crippen molar-refractivity contribution in [2.24, 2.45) is 0 Å². The molecule has 0 aliphatic carbocycles. The van der Waals surface area contributed by atoms with Gasteiger partial charge in [0.05, 0.1) is 12.8 Å². The minimum absolute atomic E-state index is 0.0771. The first-order valence-electron chi connectivity index (χ1n) is 9.19. The summed E-state index contributed by atoms with van der Waals surface area (Å²) in [5.41, 5.74) is 4.61. The lowest BCUT2D eigenvalue weighted by molar-refractivity contribution is -0.121. The predicted molar refractivity (Wildman–Crippen MR) is 112 cm³/mol. The maximum absolute atomic E-state index is 12.3. The van der Waals surface area contributed by atoms with Crippen molar-refractivity contribution in [3.8, 4) is 5.75 Å². The van der Waals surface area contributed by atoms with E-state index in [1.54, 1.807) is 18.9 Å². The van der Waals surface area contributed by atoms with Gasteiger partial charge in [0, 0.05) is 11.3 Å². The van der Waals surface area contributed by atoms with Crippen LogP contribution in [0.15, 0.2) is 53.4 Å². The van der Waals surface area contributed by atoms with Crippen LogP contribution in [0.2, 0.25) is 0 Å². The van der Waals surface area contributed by atoms with Crippen LogP contribution < -0.4 is 15.4 Å². The predicted octanol–water partition coefficient (Wildman–Crippen LogP) is 4.45.